The number of hydrogen-bond acceptors (Lipinski definition) is 8. The van der Waals surface area contributed by atoms with E-state index in [4.69, 9.17) is 22.1 Å². The van der Waals surface area contributed by atoms with E-state index in [9.17, 15) is 23.2 Å². The first kappa shape index (κ1) is 29.4. The number of hydrogen-bond donors (Lipinski definition) is 1. The van der Waals surface area contributed by atoms with Crippen molar-refractivity contribution >= 4 is 40.4 Å². The number of carbonyl (C=O) groups excluding carboxylic acids is 1. The van der Waals surface area contributed by atoms with Crippen molar-refractivity contribution in [2.75, 3.05) is 36.8 Å². The van der Waals surface area contributed by atoms with Crippen LogP contribution in [0.2, 0.25) is 5.02 Å². The first-order valence-corrected chi connectivity index (χ1v) is 13.9. The molecule has 3 aromatic rings. The zero-order valence-electron chi connectivity index (χ0n) is 23.5. The van der Waals surface area contributed by atoms with Gasteiger partial charge in [0, 0.05) is 37.9 Å². The van der Waals surface area contributed by atoms with Crippen molar-refractivity contribution in [1.29, 1.82) is 5.26 Å². The van der Waals surface area contributed by atoms with Gasteiger partial charge in [0.2, 0.25) is 5.91 Å². The third-order valence-electron chi connectivity index (χ3n) is 8.03. The van der Waals surface area contributed by atoms with Gasteiger partial charge in [-0.1, -0.05) is 18.2 Å². The molecule has 5 heterocycles. The molecule has 9 nitrogen and oxygen atoms in total. The van der Waals surface area contributed by atoms with E-state index in [2.05, 4.69) is 22.6 Å². The molecule has 0 spiro atoms. The minimum Gasteiger partial charge on any atom is -0.396 e. The van der Waals surface area contributed by atoms with E-state index >= 15 is 4.39 Å². The maximum atomic E-state index is 15.2. The van der Waals surface area contributed by atoms with Crippen molar-refractivity contribution in [3.63, 3.8) is 0 Å². The highest BCUT2D eigenvalue weighted by Gasteiger charge is 2.45. The highest BCUT2D eigenvalue weighted by molar-refractivity contribution is 6.33. The minimum atomic E-state index is -2.07. The van der Waals surface area contributed by atoms with Crippen molar-refractivity contribution in [2.24, 2.45) is 0 Å². The number of piperazine rings is 1. The predicted octanol–water partition coefficient (Wildman–Crippen LogP) is 5.38. The van der Waals surface area contributed by atoms with Crippen molar-refractivity contribution in [1.82, 2.24) is 19.8 Å². The Bertz CT molecular complexity index is 1810. The lowest BCUT2D eigenvalue weighted by Crippen LogP contribution is -2.50. The van der Waals surface area contributed by atoms with Gasteiger partial charge in [0.25, 0.3) is 0 Å². The molecule has 6 rings (SSSR count). The van der Waals surface area contributed by atoms with Crippen molar-refractivity contribution < 1.29 is 27.1 Å². The largest absolute Gasteiger partial charge is 0.396 e. The number of aryl methyl sites for hydroxylation is 1. The summed E-state index contributed by atoms with van der Waals surface area (Å²) >= 11 is 6.62. The SMILES string of the molecule is C=CC(=O)N1CCN(C2=C(C#N)C3OC(C)c4nccc(C)c4N3c3nc(-c4c(N)c(F)c(F)c(F)c4F)c(Cl)cc32)CC1. The molecule has 3 aliphatic rings. The van der Waals surface area contributed by atoms with Gasteiger partial charge in [0.05, 0.1) is 39.0 Å². The fraction of sp³-hybridized carbons (Fsp3) is 0.267. The Morgan fingerprint density at radius 2 is 1.86 bits per heavy atom. The van der Waals surface area contributed by atoms with Crippen LogP contribution in [0.1, 0.15) is 29.8 Å². The number of aromatic nitrogens is 2. The lowest BCUT2D eigenvalue weighted by Gasteiger charge is -2.47. The molecule has 1 fully saturated rings. The summed E-state index contributed by atoms with van der Waals surface area (Å²) in [6, 6.07) is 5.43. The fourth-order valence-corrected chi connectivity index (χ4v) is 6.16. The number of amides is 1. The second kappa shape index (κ2) is 10.8. The van der Waals surface area contributed by atoms with E-state index in [0.29, 0.717) is 48.8 Å². The number of nitrogens with zero attached hydrogens (tertiary/aromatic N) is 6. The number of nitrogen functional groups attached to an aromatic ring is 1. The number of rotatable bonds is 3. The zero-order chi connectivity index (χ0) is 31.6. The van der Waals surface area contributed by atoms with E-state index in [1.54, 1.807) is 29.0 Å². The summed E-state index contributed by atoms with van der Waals surface area (Å²) in [4.78, 5) is 26.4. The van der Waals surface area contributed by atoms with Crippen LogP contribution in [-0.4, -0.2) is 58.1 Å². The molecular weight excluding hydrogens is 602 g/mol. The van der Waals surface area contributed by atoms with Crippen LogP contribution >= 0.6 is 11.6 Å². The molecule has 226 valence electrons. The summed E-state index contributed by atoms with van der Waals surface area (Å²) in [5, 5.41) is 10.3. The molecule has 0 saturated carbocycles. The normalized spacial score (nSPS) is 19.3. The molecule has 2 N–H and O–H groups in total. The van der Waals surface area contributed by atoms with E-state index in [0.717, 1.165) is 5.56 Å². The van der Waals surface area contributed by atoms with Gasteiger partial charge in [0.15, 0.2) is 29.5 Å². The van der Waals surface area contributed by atoms with Crippen LogP contribution < -0.4 is 10.6 Å². The van der Waals surface area contributed by atoms with Gasteiger partial charge in [-0.2, -0.15) is 5.26 Å². The summed E-state index contributed by atoms with van der Waals surface area (Å²) in [5.74, 6) is -7.80. The molecule has 0 aliphatic carbocycles. The molecule has 44 heavy (non-hydrogen) atoms. The summed E-state index contributed by atoms with van der Waals surface area (Å²) in [6.07, 6.45) is 1.24. The predicted molar refractivity (Wildman–Crippen MR) is 154 cm³/mol. The highest BCUT2D eigenvalue weighted by atomic mass is 35.5. The number of pyridine rings is 2. The minimum absolute atomic E-state index is 0.112. The Hall–Kier alpha value is -4.67. The van der Waals surface area contributed by atoms with Crippen molar-refractivity contribution in [3.05, 3.63) is 81.7 Å². The number of benzene rings is 1. The Labute approximate surface area is 254 Å². The van der Waals surface area contributed by atoms with Crippen LogP contribution in [-0.2, 0) is 9.53 Å². The number of ether oxygens (including phenoxy) is 1. The number of fused-ring (bicyclic) bond motifs is 5. The third kappa shape index (κ3) is 4.28. The Morgan fingerprint density at radius 3 is 2.52 bits per heavy atom. The Balaban J connectivity index is 1.62. The van der Waals surface area contributed by atoms with Crippen molar-refractivity contribution in [3.8, 4) is 17.3 Å². The average Bonchev–Trinajstić information content (AvgIpc) is 3.02. The van der Waals surface area contributed by atoms with Gasteiger partial charge < -0.3 is 20.3 Å². The molecular formula is C30H24ClF4N7O2. The maximum absolute atomic E-state index is 15.2. The monoisotopic (exact) mass is 625 g/mol. The first-order chi connectivity index (χ1) is 21.0. The number of nitriles is 1. The van der Waals surface area contributed by atoms with Gasteiger partial charge in [0.1, 0.15) is 23.6 Å². The van der Waals surface area contributed by atoms with E-state index in [1.807, 2.05) is 11.8 Å². The highest BCUT2D eigenvalue weighted by Crippen LogP contribution is 2.51. The summed E-state index contributed by atoms with van der Waals surface area (Å²) in [5.41, 5.74) is 6.26. The standard InChI is InChI=1S/C30H24ClF4N7O2/c1-4-18(43)40-7-9-41(10-8-40)28-15-11-17(31)26(19-20(32)21(33)22(34)23(35)24(19)37)39-29(15)42-27-13(2)5-6-38-25(27)14(3)44-30(42)16(28)12-36/h4-6,11,14,30H,1,7-10,37H2,2-3H3. The van der Waals surface area contributed by atoms with E-state index in [1.165, 1.54) is 12.1 Å². The molecule has 3 aliphatic heterocycles. The Kier molecular flexibility index (Phi) is 7.22. The number of halogens is 5. The maximum Gasteiger partial charge on any atom is 0.246 e. The molecule has 2 unspecified atom stereocenters. The van der Waals surface area contributed by atoms with Crippen LogP contribution in [0.4, 0.5) is 34.8 Å². The smallest absolute Gasteiger partial charge is 0.246 e. The number of carbonyl (C=O) groups is 1. The van der Waals surface area contributed by atoms with Crippen LogP contribution in [0.25, 0.3) is 17.0 Å². The molecule has 1 saturated heterocycles. The van der Waals surface area contributed by atoms with Gasteiger partial charge >= 0.3 is 0 Å². The summed E-state index contributed by atoms with van der Waals surface area (Å²) in [6.45, 7) is 8.46. The average molecular weight is 626 g/mol. The number of nitrogens with two attached hydrogens (primary N) is 1. The van der Waals surface area contributed by atoms with Gasteiger partial charge in [-0.25, -0.2) is 22.5 Å². The van der Waals surface area contributed by atoms with Gasteiger partial charge in [-0.3, -0.25) is 14.7 Å². The molecule has 1 aromatic carbocycles. The molecule has 2 atom stereocenters. The lowest BCUT2D eigenvalue weighted by molar-refractivity contribution is -0.127. The van der Waals surface area contributed by atoms with Gasteiger partial charge in [-0.15, -0.1) is 0 Å². The Morgan fingerprint density at radius 1 is 1.18 bits per heavy atom. The van der Waals surface area contributed by atoms with Crippen LogP contribution in [0.5, 0.6) is 0 Å². The molecule has 14 heteroatoms. The van der Waals surface area contributed by atoms with E-state index in [-0.39, 0.29) is 22.3 Å². The summed E-state index contributed by atoms with van der Waals surface area (Å²) in [7, 11) is 0. The van der Waals surface area contributed by atoms with Crippen LogP contribution in [0, 0.1) is 41.5 Å². The molecule has 1 amide bonds. The quantitative estimate of drug-likeness (QED) is 0.136. The zero-order valence-corrected chi connectivity index (χ0v) is 24.2. The van der Waals surface area contributed by atoms with Crippen LogP contribution in [0.15, 0.2) is 36.6 Å². The van der Waals surface area contributed by atoms with Crippen LogP contribution in [0.3, 0.4) is 0 Å². The number of anilines is 3. The van der Waals surface area contributed by atoms with Crippen molar-refractivity contribution in [2.45, 2.75) is 26.2 Å². The van der Waals surface area contributed by atoms with Gasteiger partial charge in [-0.05, 0) is 37.6 Å². The topological polar surface area (TPSA) is 112 Å². The second-order valence-corrected chi connectivity index (χ2v) is 10.9. The molecule has 2 aromatic heterocycles. The molecule has 0 radical (unpaired) electrons. The first-order valence-electron chi connectivity index (χ1n) is 13.5. The second-order valence-electron chi connectivity index (χ2n) is 10.5. The van der Waals surface area contributed by atoms with E-state index < -0.39 is 52.5 Å². The summed E-state index contributed by atoms with van der Waals surface area (Å²) < 4.78 is 64.5. The molecule has 0 bridgehead atoms. The third-order valence-corrected chi connectivity index (χ3v) is 8.32. The lowest BCUT2D eigenvalue weighted by atomic mass is 9.94. The fourth-order valence-electron chi connectivity index (χ4n) is 5.92.